The highest BCUT2D eigenvalue weighted by Gasteiger charge is 2.17. The highest BCUT2D eigenvalue weighted by molar-refractivity contribution is 5.72. The minimum atomic E-state index is -0.219. The van der Waals surface area contributed by atoms with Crippen LogP contribution in [0, 0.1) is 0 Å². The molecule has 0 aliphatic heterocycles. The molecule has 3 rings (SSSR count). The van der Waals surface area contributed by atoms with Gasteiger partial charge in [0.25, 0.3) is 0 Å². The van der Waals surface area contributed by atoms with Crippen LogP contribution in [0.3, 0.4) is 0 Å². The topological polar surface area (TPSA) is 66.8 Å². The summed E-state index contributed by atoms with van der Waals surface area (Å²) in [7, 11) is 0. The molecular formula is C24H24O4. The third-order valence-corrected chi connectivity index (χ3v) is 4.63. The lowest BCUT2D eigenvalue weighted by Gasteiger charge is -2.19. The minimum absolute atomic E-state index is 0.0777. The molecule has 0 atom stereocenters. The van der Waals surface area contributed by atoms with Crippen molar-refractivity contribution in [2.75, 3.05) is 0 Å². The minimum Gasteiger partial charge on any atom is -0.508 e. The summed E-state index contributed by atoms with van der Waals surface area (Å²) in [4.78, 5) is 11.8. The van der Waals surface area contributed by atoms with Crippen molar-refractivity contribution in [1.82, 2.24) is 0 Å². The molecule has 3 aromatic rings. The number of rotatable bonds is 7. The average molecular weight is 376 g/mol. The number of phenolic OH excluding ortho intramolecular Hbond substituents is 2. The smallest absolute Gasteiger partial charge is 0.311 e. The number of carbonyl (C=O) groups is 1. The molecule has 0 heterocycles. The molecule has 0 saturated heterocycles. The first-order valence-electron chi connectivity index (χ1n) is 9.45. The maximum absolute atomic E-state index is 11.8. The van der Waals surface area contributed by atoms with Crippen LogP contribution in [0.2, 0.25) is 0 Å². The molecule has 144 valence electrons. The zero-order valence-electron chi connectivity index (χ0n) is 15.8. The van der Waals surface area contributed by atoms with Crippen LogP contribution in [-0.4, -0.2) is 16.2 Å². The van der Waals surface area contributed by atoms with Crippen molar-refractivity contribution < 1.29 is 19.7 Å². The van der Waals surface area contributed by atoms with Crippen LogP contribution < -0.4 is 4.74 Å². The highest BCUT2D eigenvalue weighted by Crippen LogP contribution is 2.34. The second-order valence-electron chi connectivity index (χ2n) is 6.76. The van der Waals surface area contributed by atoms with Crippen molar-refractivity contribution in [2.45, 2.75) is 32.1 Å². The number of unbranched alkanes of at least 4 members (excludes halogenated alkanes) is 1. The molecule has 0 unspecified atom stereocenters. The molecule has 0 amide bonds. The normalized spacial score (nSPS) is 10.8. The zero-order chi connectivity index (χ0) is 19.9. The van der Waals surface area contributed by atoms with Gasteiger partial charge in [-0.05, 0) is 59.5 Å². The van der Waals surface area contributed by atoms with Crippen LogP contribution in [0.5, 0.6) is 17.2 Å². The molecule has 0 aromatic heterocycles. The van der Waals surface area contributed by atoms with Gasteiger partial charge in [0.2, 0.25) is 0 Å². The summed E-state index contributed by atoms with van der Waals surface area (Å²) in [6, 6.07) is 21.6. The van der Waals surface area contributed by atoms with Gasteiger partial charge in [-0.15, -0.1) is 0 Å². The van der Waals surface area contributed by atoms with Gasteiger partial charge in [0, 0.05) is 12.3 Å². The second kappa shape index (κ2) is 9.09. The van der Waals surface area contributed by atoms with Gasteiger partial charge in [-0.3, -0.25) is 4.79 Å². The van der Waals surface area contributed by atoms with Gasteiger partial charge in [-0.25, -0.2) is 0 Å². The van der Waals surface area contributed by atoms with Crippen LogP contribution >= 0.6 is 0 Å². The van der Waals surface area contributed by atoms with Gasteiger partial charge < -0.3 is 14.9 Å². The Morgan fingerprint density at radius 2 is 1.21 bits per heavy atom. The van der Waals surface area contributed by atoms with E-state index in [0.717, 1.165) is 29.5 Å². The first-order chi connectivity index (χ1) is 13.6. The van der Waals surface area contributed by atoms with Crippen molar-refractivity contribution in [3.63, 3.8) is 0 Å². The van der Waals surface area contributed by atoms with Gasteiger partial charge in [0.05, 0.1) is 0 Å². The number of hydrogen-bond donors (Lipinski definition) is 2. The number of hydrogen-bond acceptors (Lipinski definition) is 4. The zero-order valence-corrected chi connectivity index (χ0v) is 15.8. The Hall–Kier alpha value is -3.27. The lowest BCUT2D eigenvalue weighted by molar-refractivity contribution is -0.134. The van der Waals surface area contributed by atoms with E-state index in [0.29, 0.717) is 12.2 Å². The molecule has 0 spiro atoms. The van der Waals surface area contributed by atoms with Gasteiger partial charge >= 0.3 is 5.97 Å². The van der Waals surface area contributed by atoms with E-state index < -0.39 is 0 Å². The second-order valence-corrected chi connectivity index (χ2v) is 6.76. The largest absolute Gasteiger partial charge is 0.508 e. The number of carbonyl (C=O) groups excluding carboxylic acids is 1. The van der Waals surface area contributed by atoms with Gasteiger partial charge in [-0.1, -0.05) is 49.7 Å². The standard InChI is InChI=1S/C24H24O4/c1-2-3-4-23(27)28-22-15-9-19(10-16-22)24(17-5-11-20(25)12-6-17)18-7-13-21(26)14-8-18/h5-16,24-26H,2-4H2,1H3. The van der Waals surface area contributed by atoms with E-state index in [2.05, 4.69) is 0 Å². The van der Waals surface area contributed by atoms with E-state index in [1.165, 1.54) is 0 Å². The Kier molecular flexibility index (Phi) is 6.33. The molecule has 4 nitrogen and oxygen atoms in total. The summed E-state index contributed by atoms with van der Waals surface area (Å²) in [6.07, 6.45) is 2.19. The Morgan fingerprint density at radius 3 is 1.64 bits per heavy atom. The molecule has 0 radical (unpaired) electrons. The van der Waals surface area contributed by atoms with Crippen molar-refractivity contribution in [2.24, 2.45) is 0 Å². The van der Waals surface area contributed by atoms with Crippen LogP contribution in [-0.2, 0) is 4.79 Å². The van der Waals surface area contributed by atoms with E-state index in [-0.39, 0.29) is 23.4 Å². The van der Waals surface area contributed by atoms with E-state index in [4.69, 9.17) is 4.74 Å². The van der Waals surface area contributed by atoms with E-state index in [1.807, 2.05) is 43.3 Å². The first-order valence-corrected chi connectivity index (χ1v) is 9.45. The predicted molar refractivity (Wildman–Crippen MR) is 109 cm³/mol. The van der Waals surface area contributed by atoms with Crippen LogP contribution in [0.25, 0.3) is 0 Å². The van der Waals surface area contributed by atoms with Crippen molar-refractivity contribution in [3.8, 4) is 17.2 Å². The maximum atomic E-state index is 11.8. The molecule has 3 aromatic carbocycles. The molecule has 0 aliphatic carbocycles. The molecule has 0 bridgehead atoms. The Balaban J connectivity index is 1.89. The predicted octanol–water partition coefficient (Wildman–Crippen LogP) is 5.37. The summed E-state index contributed by atoms with van der Waals surface area (Å²) in [6.45, 7) is 2.04. The van der Waals surface area contributed by atoms with Crippen molar-refractivity contribution >= 4 is 5.97 Å². The van der Waals surface area contributed by atoms with Gasteiger partial charge in [-0.2, -0.15) is 0 Å². The average Bonchev–Trinajstić information content (AvgIpc) is 2.71. The third kappa shape index (κ3) is 4.92. The van der Waals surface area contributed by atoms with Crippen molar-refractivity contribution in [3.05, 3.63) is 89.5 Å². The van der Waals surface area contributed by atoms with E-state index in [9.17, 15) is 15.0 Å². The molecule has 0 saturated carbocycles. The fourth-order valence-electron chi connectivity index (χ4n) is 3.14. The number of benzene rings is 3. The van der Waals surface area contributed by atoms with E-state index >= 15 is 0 Å². The van der Waals surface area contributed by atoms with Crippen LogP contribution in [0.4, 0.5) is 0 Å². The number of esters is 1. The molecule has 0 aliphatic rings. The highest BCUT2D eigenvalue weighted by atomic mass is 16.5. The lowest BCUT2D eigenvalue weighted by Crippen LogP contribution is -2.08. The Labute approximate surface area is 165 Å². The first kappa shape index (κ1) is 19.5. The number of ether oxygens (including phenoxy) is 1. The summed E-state index contributed by atoms with van der Waals surface area (Å²) < 4.78 is 5.39. The number of phenols is 2. The Bertz CT molecular complexity index is 851. The monoisotopic (exact) mass is 376 g/mol. The van der Waals surface area contributed by atoms with Crippen LogP contribution in [0.15, 0.2) is 72.8 Å². The fraction of sp³-hybridized carbons (Fsp3) is 0.208. The molecule has 2 N–H and O–H groups in total. The summed E-state index contributed by atoms with van der Waals surface area (Å²) in [5.41, 5.74) is 3.04. The lowest BCUT2D eigenvalue weighted by atomic mass is 9.85. The summed E-state index contributed by atoms with van der Waals surface area (Å²) in [5, 5.41) is 19.2. The van der Waals surface area contributed by atoms with E-state index in [1.54, 1.807) is 36.4 Å². The third-order valence-electron chi connectivity index (χ3n) is 4.63. The quantitative estimate of drug-likeness (QED) is 0.330. The maximum Gasteiger partial charge on any atom is 0.311 e. The molecule has 0 fully saturated rings. The summed E-state index contributed by atoms with van der Waals surface area (Å²) in [5.74, 6) is 0.652. The Morgan fingerprint density at radius 1 is 0.786 bits per heavy atom. The summed E-state index contributed by atoms with van der Waals surface area (Å²) >= 11 is 0. The molecule has 28 heavy (non-hydrogen) atoms. The SMILES string of the molecule is CCCCC(=O)Oc1ccc(C(c2ccc(O)cc2)c2ccc(O)cc2)cc1. The fourth-order valence-corrected chi connectivity index (χ4v) is 3.14. The molecule has 4 heteroatoms. The molecular weight excluding hydrogens is 352 g/mol. The van der Waals surface area contributed by atoms with Crippen LogP contribution in [0.1, 0.15) is 48.8 Å². The van der Waals surface area contributed by atoms with Gasteiger partial charge in [0.15, 0.2) is 0 Å². The number of aromatic hydroxyl groups is 2. The van der Waals surface area contributed by atoms with Crippen molar-refractivity contribution in [1.29, 1.82) is 0 Å². The van der Waals surface area contributed by atoms with Gasteiger partial charge in [0.1, 0.15) is 17.2 Å².